The van der Waals surface area contributed by atoms with Crippen molar-refractivity contribution in [3.8, 4) is 10.8 Å². The maximum Gasteiger partial charge on any atom is 0.323 e. The van der Waals surface area contributed by atoms with Gasteiger partial charge in [0.1, 0.15) is 16.6 Å². The number of carbonyl (C=O) groups is 1. The minimum absolute atomic E-state index is 0.181. The lowest BCUT2D eigenvalue weighted by Gasteiger charge is -2.31. The summed E-state index contributed by atoms with van der Waals surface area (Å²) in [6.45, 7) is 3.01. The van der Waals surface area contributed by atoms with Crippen LogP contribution in [-0.2, 0) is 19.4 Å². The second-order valence-electron chi connectivity index (χ2n) is 9.24. The van der Waals surface area contributed by atoms with Gasteiger partial charge in [0.05, 0.1) is 30.6 Å². The SMILES string of the molecule is CCOc1ccc([C@@H]2c3cccn3-c3sc4c(c3CN2C(=O)Nc2ccccc2F)CCCC4)cc1. The Morgan fingerprint density at radius 3 is 2.67 bits per heavy atom. The van der Waals surface area contributed by atoms with Crippen molar-refractivity contribution in [2.45, 2.75) is 45.2 Å². The number of rotatable bonds is 4. The summed E-state index contributed by atoms with van der Waals surface area (Å²) < 4.78 is 22.4. The fourth-order valence-electron chi connectivity index (χ4n) is 5.40. The van der Waals surface area contributed by atoms with Crippen molar-refractivity contribution in [2.24, 2.45) is 0 Å². The Morgan fingerprint density at radius 2 is 1.86 bits per heavy atom. The second-order valence-corrected chi connectivity index (χ2v) is 10.3. The van der Waals surface area contributed by atoms with E-state index in [-0.39, 0.29) is 17.8 Å². The number of aryl methyl sites for hydroxylation is 1. The Kier molecular flexibility index (Phi) is 6.01. The number of carbonyl (C=O) groups excluding carboxylic acids is 1. The zero-order valence-electron chi connectivity index (χ0n) is 20.2. The lowest BCUT2D eigenvalue weighted by Crippen LogP contribution is -2.38. The molecule has 7 heteroatoms. The first-order chi connectivity index (χ1) is 17.6. The molecule has 3 heterocycles. The molecule has 4 aromatic rings. The van der Waals surface area contributed by atoms with Crippen LogP contribution in [-0.4, -0.2) is 22.1 Å². The molecule has 1 aliphatic heterocycles. The van der Waals surface area contributed by atoms with Crippen LogP contribution in [0.25, 0.3) is 5.00 Å². The van der Waals surface area contributed by atoms with Crippen molar-refractivity contribution < 1.29 is 13.9 Å². The molecular weight excluding hydrogens is 473 g/mol. The zero-order valence-corrected chi connectivity index (χ0v) is 21.0. The molecule has 0 fully saturated rings. The van der Waals surface area contributed by atoms with Gasteiger partial charge in [0.15, 0.2) is 0 Å². The number of hydrogen-bond donors (Lipinski definition) is 1. The van der Waals surface area contributed by atoms with Gasteiger partial charge in [0, 0.05) is 16.6 Å². The van der Waals surface area contributed by atoms with Crippen molar-refractivity contribution in [1.29, 1.82) is 0 Å². The van der Waals surface area contributed by atoms with E-state index in [0.717, 1.165) is 29.8 Å². The highest BCUT2D eigenvalue weighted by molar-refractivity contribution is 7.15. The minimum Gasteiger partial charge on any atom is -0.494 e. The van der Waals surface area contributed by atoms with E-state index in [0.29, 0.717) is 13.2 Å². The quantitative estimate of drug-likeness (QED) is 0.324. The van der Waals surface area contributed by atoms with Crippen molar-refractivity contribution in [3.63, 3.8) is 0 Å². The van der Waals surface area contributed by atoms with E-state index in [9.17, 15) is 9.18 Å². The number of benzene rings is 2. The number of nitrogens with zero attached hydrogens (tertiary/aromatic N) is 2. The molecule has 2 aromatic carbocycles. The third kappa shape index (κ3) is 3.97. The molecule has 2 aromatic heterocycles. The Balaban J connectivity index is 1.48. The van der Waals surface area contributed by atoms with Crippen LogP contribution in [0, 0.1) is 5.82 Å². The summed E-state index contributed by atoms with van der Waals surface area (Å²) in [7, 11) is 0. The van der Waals surface area contributed by atoms with E-state index < -0.39 is 5.82 Å². The number of halogens is 1. The number of thiophene rings is 1. The Hall–Kier alpha value is -3.58. The number of anilines is 1. The van der Waals surface area contributed by atoms with Gasteiger partial charge in [0.25, 0.3) is 0 Å². The molecule has 1 aliphatic carbocycles. The molecule has 36 heavy (non-hydrogen) atoms. The van der Waals surface area contributed by atoms with Gasteiger partial charge in [-0.2, -0.15) is 0 Å². The summed E-state index contributed by atoms with van der Waals surface area (Å²) in [6, 6.07) is 17.7. The standard InChI is InChI=1S/C29H28FN3O2S/c1-2-35-20-15-13-19(14-16-20)27-25-11-7-17-32(25)28-22(21-8-3-6-12-26(21)36-28)18-33(27)29(34)31-24-10-5-4-9-23(24)30/h4-5,7,9-11,13-17,27H,2-3,6,8,12,18H2,1H3,(H,31,34)/t27-/m1/s1. The highest BCUT2D eigenvalue weighted by atomic mass is 32.1. The average Bonchev–Trinajstić information content (AvgIpc) is 3.48. The van der Waals surface area contributed by atoms with Gasteiger partial charge < -0.3 is 19.5 Å². The molecule has 2 amide bonds. The van der Waals surface area contributed by atoms with E-state index in [1.165, 1.54) is 39.9 Å². The summed E-state index contributed by atoms with van der Waals surface area (Å²) >= 11 is 1.85. The molecule has 6 rings (SSSR count). The number of para-hydroxylation sites is 1. The van der Waals surface area contributed by atoms with E-state index >= 15 is 0 Å². The fraction of sp³-hybridized carbons (Fsp3) is 0.276. The molecule has 0 bridgehead atoms. The average molecular weight is 502 g/mol. The highest BCUT2D eigenvalue weighted by Crippen LogP contribution is 2.44. The first kappa shape index (κ1) is 22.9. The van der Waals surface area contributed by atoms with Crippen molar-refractivity contribution in [3.05, 3.63) is 99.9 Å². The molecule has 1 atom stereocenters. The molecule has 0 radical (unpaired) electrons. The van der Waals surface area contributed by atoms with Gasteiger partial charge >= 0.3 is 6.03 Å². The van der Waals surface area contributed by atoms with Crippen LogP contribution >= 0.6 is 11.3 Å². The number of urea groups is 1. The molecule has 0 saturated heterocycles. The third-order valence-electron chi connectivity index (χ3n) is 7.06. The molecule has 0 saturated carbocycles. The van der Waals surface area contributed by atoms with Crippen LogP contribution in [0.3, 0.4) is 0 Å². The number of aromatic nitrogens is 1. The van der Waals surface area contributed by atoms with Crippen LogP contribution in [0.1, 0.15) is 53.1 Å². The topological polar surface area (TPSA) is 46.5 Å². The van der Waals surface area contributed by atoms with E-state index in [2.05, 4.69) is 22.1 Å². The molecule has 184 valence electrons. The number of fused-ring (bicyclic) bond motifs is 5. The van der Waals surface area contributed by atoms with Gasteiger partial charge in [0.2, 0.25) is 0 Å². The normalized spacial score (nSPS) is 16.5. The van der Waals surface area contributed by atoms with Crippen molar-refractivity contribution >= 4 is 23.1 Å². The third-order valence-corrected chi connectivity index (χ3v) is 8.40. The second kappa shape index (κ2) is 9.47. The maximum absolute atomic E-state index is 14.5. The van der Waals surface area contributed by atoms with Crippen molar-refractivity contribution in [1.82, 2.24) is 9.47 Å². The Labute approximate surface area is 214 Å². The summed E-state index contributed by atoms with van der Waals surface area (Å²) in [5, 5.41) is 4.04. The molecule has 0 unspecified atom stereocenters. The predicted molar refractivity (Wildman–Crippen MR) is 141 cm³/mol. The predicted octanol–water partition coefficient (Wildman–Crippen LogP) is 7.09. The van der Waals surface area contributed by atoms with Crippen LogP contribution in [0.5, 0.6) is 5.75 Å². The smallest absolute Gasteiger partial charge is 0.323 e. The lowest BCUT2D eigenvalue weighted by molar-refractivity contribution is 0.194. The molecule has 0 spiro atoms. The summed E-state index contributed by atoms with van der Waals surface area (Å²) in [5.74, 6) is 0.344. The summed E-state index contributed by atoms with van der Waals surface area (Å²) in [6.07, 6.45) is 6.59. The number of ether oxygens (including phenoxy) is 1. The highest BCUT2D eigenvalue weighted by Gasteiger charge is 2.36. The van der Waals surface area contributed by atoms with Crippen LogP contribution in [0.15, 0.2) is 66.9 Å². The van der Waals surface area contributed by atoms with Gasteiger partial charge in [-0.05, 0) is 80.1 Å². The number of amides is 2. The van der Waals surface area contributed by atoms with E-state index in [1.807, 2.05) is 53.5 Å². The molecular formula is C29H28FN3O2S. The van der Waals surface area contributed by atoms with Crippen LogP contribution in [0.4, 0.5) is 14.9 Å². The van der Waals surface area contributed by atoms with Crippen LogP contribution < -0.4 is 10.1 Å². The Bertz CT molecular complexity index is 1410. The lowest BCUT2D eigenvalue weighted by atomic mass is 9.95. The Morgan fingerprint density at radius 1 is 1.06 bits per heavy atom. The first-order valence-corrected chi connectivity index (χ1v) is 13.3. The largest absolute Gasteiger partial charge is 0.494 e. The van der Waals surface area contributed by atoms with E-state index in [4.69, 9.17) is 4.74 Å². The van der Waals surface area contributed by atoms with Gasteiger partial charge in [-0.15, -0.1) is 11.3 Å². The first-order valence-electron chi connectivity index (χ1n) is 12.5. The summed E-state index contributed by atoms with van der Waals surface area (Å²) in [5.41, 5.74) is 4.77. The minimum atomic E-state index is -0.449. The fourth-order valence-corrected chi connectivity index (χ4v) is 6.80. The van der Waals surface area contributed by atoms with Gasteiger partial charge in [-0.3, -0.25) is 0 Å². The summed E-state index contributed by atoms with van der Waals surface area (Å²) in [4.78, 5) is 17.2. The monoisotopic (exact) mass is 501 g/mol. The van der Waals surface area contributed by atoms with Gasteiger partial charge in [-0.25, -0.2) is 9.18 Å². The maximum atomic E-state index is 14.5. The van der Waals surface area contributed by atoms with Crippen molar-refractivity contribution in [2.75, 3.05) is 11.9 Å². The number of nitrogens with one attached hydrogen (secondary N) is 1. The van der Waals surface area contributed by atoms with Crippen LogP contribution in [0.2, 0.25) is 0 Å². The van der Waals surface area contributed by atoms with Gasteiger partial charge in [-0.1, -0.05) is 24.3 Å². The molecule has 1 N–H and O–H groups in total. The molecule has 5 nitrogen and oxygen atoms in total. The number of hydrogen-bond acceptors (Lipinski definition) is 3. The zero-order chi connectivity index (χ0) is 24.6. The van der Waals surface area contributed by atoms with E-state index in [1.54, 1.807) is 18.2 Å². The molecule has 2 aliphatic rings.